The van der Waals surface area contributed by atoms with Gasteiger partial charge in [0, 0.05) is 30.5 Å². The first kappa shape index (κ1) is 13.7. The number of halogens is 2. The highest BCUT2D eigenvalue weighted by molar-refractivity contribution is 6.32. The first-order valence-corrected chi connectivity index (χ1v) is 5.58. The summed E-state index contributed by atoms with van der Waals surface area (Å²) in [6, 6.07) is 0. The van der Waals surface area contributed by atoms with Crippen LogP contribution in [0.4, 0.5) is 0 Å². The molecule has 0 aromatic rings. The molecule has 0 saturated carbocycles. The highest BCUT2D eigenvalue weighted by Crippen LogP contribution is 2.12. The average Bonchev–Trinajstić information content (AvgIpc) is 2.47. The van der Waals surface area contributed by atoms with Crippen molar-refractivity contribution in [2.75, 3.05) is 5.88 Å². The molecule has 0 unspecified atom stereocenters. The monoisotopic (exact) mass is 239 g/mol. The number of rotatable bonds is 3. The highest BCUT2D eigenvalue weighted by Gasteiger charge is 2.26. The van der Waals surface area contributed by atoms with Gasteiger partial charge in [-0.2, -0.15) is 4.42 Å². The average molecular weight is 240 g/mol. The molecule has 1 rings (SSSR count). The summed E-state index contributed by atoms with van der Waals surface area (Å²) in [5.74, 6) is 0.238. The summed E-state index contributed by atoms with van der Waals surface area (Å²) in [6.07, 6.45) is 4.26. The van der Waals surface area contributed by atoms with Gasteiger partial charge in [-0.05, 0) is 6.42 Å². The maximum absolute atomic E-state index is 10.4. The fourth-order valence-corrected chi connectivity index (χ4v) is 1.25. The Morgan fingerprint density at radius 1 is 1.21 bits per heavy atom. The number of hydrogen-bond acceptors (Lipinski definition) is 2. The van der Waals surface area contributed by atoms with E-state index in [9.17, 15) is 9.59 Å². The molecule has 2 amide bonds. The van der Waals surface area contributed by atoms with Crippen molar-refractivity contribution in [2.24, 2.45) is 0 Å². The van der Waals surface area contributed by atoms with E-state index in [2.05, 4.69) is 6.92 Å². The summed E-state index contributed by atoms with van der Waals surface area (Å²) in [5.41, 5.74) is 0. The van der Waals surface area contributed by atoms with Gasteiger partial charge in [0.2, 0.25) is 11.8 Å². The third kappa shape index (κ3) is 5.45. The smallest absolute Gasteiger partial charge is 0.244 e. The summed E-state index contributed by atoms with van der Waals surface area (Å²) in [6.45, 7) is 2.17. The molecule has 0 spiro atoms. The van der Waals surface area contributed by atoms with Gasteiger partial charge >= 0.3 is 0 Å². The topological polar surface area (TPSA) is 37.4 Å². The lowest BCUT2D eigenvalue weighted by Gasteiger charge is -1.96. The molecular weight excluding hydrogens is 225 g/mol. The summed E-state index contributed by atoms with van der Waals surface area (Å²) in [7, 11) is 0. The number of carbonyl (C=O) groups is 2. The molecular formula is C9H15Cl2NO2. The highest BCUT2D eigenvalue weighted by atomic mass is 35.5. The minimum Gasteiger partial charge on any atom is -0.273 e. The molecule has 14 heavy (non-hydrogen) atoms. The van der Waals surface area contributed by atoms with Crippen molar-refractivity contribution in [1.82, 2.24) is 4.42 Å². The standard InChI is InChI=1S/C5H11Cl.C4H4ClNO2/c1-2-3-4-5-6;5-6-3(7)1-2-4(6)8/h2-5H2,1H3;1-2H2. The van der Waals surface area contributed by atoms with Crippen LogP contribution in [0, 0.1) is 0 Å². The summed E-state index contributed by atoms with van der Waals surface area (Å²) in [5, 5.41) is 0. The van der Waals surface area contributed by atoms with Gasteiger partial charge in [0.15, 0.2) is 0 Å². The number of hydrogen-bond donors (Lipinski definition) is 0. The van der Waals surface area contributed by atoms with Crippen LogP contribution < -0.4 is 0 Å². The third-order valence-electron chi connectivity index (χ3n) is 1.73. The van der Waals surface area contributed by atoms with Crippen molar-refractivity contribution in [2.45, 2.75) is 39.0 Å². The second-order valence-electron chi connectivity index (χ2n) is 2.96. The SMILES string of the molecule is CCCCCCl.O=C1CCC(=O)N1Cl. The first-order chi connectivity index (χ1) is 6.63. The Bertz CT molecular complexity index is 177. The van der Waals surface area contributed by atoms with Gasteiger partial charge in [0.05, 0.1) is 0 Å². The Balaban J connectivity index is 0.000000255. The zero-order valence-electron chi connectivity index (χ0n) is 8.26. The predicted molar refractivity (Wildman–Crippen MR) is 57.2 cm³/mol. The van der Waals surface area contributed by atoms with Gasteiger partial charge in [-0.15, -0.1) is 11.6 Å². The Hall–Kier alpha value is -0.280. The van der Waals surface area contributed by atoms with Crippen LogP contribution in [0.1, 0.15) is 39.0 Å². The summed E-state index contributed by atoms with van der Waals surface area (Å²) in [4.78, 5) is 20.7. The molecule has 0 N–H and O–H groups in total. The number of nitrogens with zero attached hydrogens (tertiary/aromatic N) is 1. The van der Waals surface area contributed by atoms with E-state index in [0.717, 1.165) is 5.88 Å². The van der Waals surface area contributed by atoms with E-state index in [0.29, 0.717) is 4.42 Å². The van der Waals surface area contributed by atoms with Crippen LogP contribution in [0.5, 0.6) is 0 Å². The number of alkyl halides is 1. The van der Waals surface area contributed by atoms with Gasteiger partial charge in [-0.1, -0.05) is 19.8 Å². The number of unbranched alkanes of at least 4 members (excludes halogenated alkanes) is 2. The van der Waals surface area contributed by atoms with Crippen LogP contribution in [0.25, 0.3) is 0 Å². The van der Waals surface area contributed by atoms with Crippen LogP contribution in [-0.2, 0) is 9.59 Å². The molecule has 5 heteroatoms. The van der Waals surface area contributed by atoms with Crippen molar-refractivity contribution in [3.05, 3.63) is 0 Å². The van der Waals surface area contributed by atoms with Crippen LogP contribution in [-0.4, -0.2) is 22.1 Å². The Kier molecular flexibility index (Phi) is 7.90. The lowest BCUT2D eigenvalue weighted by Crippen LogP contribution is -2.16. The van der Waals surface area contributed by atoms with E-state index in [4.69, 9.17) is 23.4 Å². The maximum Gasteiger partial charge on any atom is 0.244 e. The van der Waals surface area contributed by atoms with Crippen LogP contribution >= 0.6 is 23.4 Å². The Labute approximate surface area is 94.5 Å². The van der Waals surface area contributed by atoms with E-state index in [-0.39, 0.29) is 24.7 Å². The molecule has 0 radical (unpaired) electrons. The van der Waals surface area contributed by atoms with Crippen molar-refractivity contribution in [1.29, 1.82) is 0 Å². The molecule has 0 aromatic carbocycles. The molecule has 82 valence electrons. The molecule has 1 aliphatic rings. The molecule has 0 aliphatic carbocycles. The Morgan fingerprint density at radius 2 is 1.71 bits per heavy atom. The Morgan fingerprint density at radius 3 is 1.86 bits per heavy atom. The summed E-state index contributed by atoms with van der Waals surface area (Å²) >= 11 is 10.5. The fraction of sp³-hybridized carbons (Fsp3) is 0.778. The first-order valence-electron chi connectivity index (χ1n) is 4.71. The van der Waals surface area contributed by atoms with E-state index < -0.39 is 0 Å². The van der Waals surface area contributed by atoms with E-state index in [1.807, 2.05) is 0 Å². The minimum absolute atomic E-state index is 0.266. The van der Waals surface area contributed by atoms with Crippen LogP contribution in [0.15, 0.2) is 0 Å². The third-order valence-corrected chi connectivity index (χ3v) is 2.37. The van der Waals surface area contributed by atoms with Gasteiger partial charge in [-0.25, -0.2) is 0 Å². The zero-order chi connectivity index (χ0) is 11.0. The van der Waals surface area contributed by atoms with Crippen molar-refractivity contribution in [3.8, 4) is 0 Å². The number of carbonyl (C=O) groups excluding carboxylic acids is 2. The molecule has 1 heterocycles. The van der Waals surface area contributed by atoms with Gasteiger partial charge < -0.3 is 0 Å². The van der Waals surface area contributed by atoms with Gasteiger partial charge in [-0.3, -0.25) is 9.59 Å². The normalized spacial score (nSPS) is 15.5. The van der Waals surface area contributed by atoms with Crippen LogP contribution in [0.3, 0.4) is 0 Å². The quantitative estimate of drug-likeness (QED) is 0.329. The maximum atomic E-state index is 10.4. The van der Waals surface area contributed by atoms with Crippen molar-refractivity contribution < 1.29 is 9.59 Å². The molecule has 3 nitrogen and oxygen atoms in total. The van der Waals surface area contributed by atoms with Crippen LogP contribution in [0.2, 0.25) is 0 Å². The molecule has 1 saturated heterocycles. The zero-order valence-corrected chi connectivity index (χ0v) is 9.77. The molecule has 0 aromatic heterocycles. The molecule has 0 bridgehead atoms. The summed E-state index contributed by atoms with van der Waals surface area (Å²) < 4.78 is 0.639. The molecule has 0 atom stereocenters. The lowest BCUT2D eigenvalue weighted by molar-refractivity contribution is -0.132. The molecule has 1 aliphatic heterocycles. The second kappa shape index (κ2) is 8.06. The number of imide groups is 1. The van der Waals surface area contributed by atoms with Crippen molar-refractivity contribution in [3.63, 3.8) is 0 Å². The second-order valence-corrected chi connectivity index (χ2v) is 3.68. The fourth-order valence-electron chi connectivity index (χ4n) is 0.894. The largest absolute Gasteiger partial charge is 0.273 e. The van der Waals surface area contributed by atoms with Gasteiger partial charge in [0.25, 0.3) is 0 Å². The van der Waals surface area contributed by atoms with E-state index >= 15 is 0 Å². The lowest BCUT2D eigenvalue weighted by atomic mass is 10.3. The minimum atomic E-state index is -0.295. The molecule has 1 fully saturated rings. The number of amides is 2. The van der Waals surface area contributed by atoms with E-state index in [1.165, 1.54) is 19.3 Å². The predicted octanol–water partition coefficient (Wildman–Crippen LogP) is 2.70. The van der Waals surface area contributed by atoms with Gasteiger partial charge in [0.1, 0.15) is 0 Å². The van der Waals surface area contributed by atoms with E-state index in [1.54, 1.807) is 0 Å². The van der Waals surface area contributed by atoms with Crippen molar-refractivity contribution >= 4 is 35.2 Å².